The van der Waals surface area contributed by atoms with Crippen molar-refractivity contribution >= 4 is 10.0 Å². The average molecular weight is 281 g/mol. The fourth-order valence-corrected chi connectivity index (χ4v) is 4.89. The van der Waals surface area contributed by atoms with Crippen LogP contribution in [-0.4, -0.2) is 37.0 Å². The second kappa shape index (κ2) is 4.04. The number of hydrogen-bond donors (Lipinski definition) is 0. The Kier molecular flexibility index (Phi) is 2.78. The number of sulfonamides is 1. The highest BCUT2D eigenvalue weighted by Crippen LogP contribution is 2.42. The molecule has 5 heteroatoms. The van der Waals surface area contributed by atoms with Crippen molar-refractivity contribution in [2.45, 2.75) is 49.8 Å². The van der Waals surface area contributed by atoms with Gasteiger partial charge in [-0.05, 0) is 39.3 Å². The summed E-state index contributed by atoms with van der Waals surface area (Å²) < 4.78 is 32.8. The van der Waals surface area contributed by atoms with Gasteiger partial charge in [0.05, 0.1) is 22.6 Å². The zero-order chi connectivity index (χ0) is 13.8. The van der Waals surface area contributed by atoms with Gasteiger partial charge in [0, 0.05) is 6.54 Å². The van der Waals surface area contributed by atoms with Crippen LogP contribution in [0.2, 0.25) is 0 Å². The molecule has 0 radical (unpaired) electrons. The summed E-state index contributed by atoms with van der Waals surface area (Å²) in [7, 11) is -3.40. The largest absolute Gasteiger partial charge is 0.369 e. The molecule has 2 atom stereocenters. The lowest BCUT2D eigenvalue weighted by Crippen LogP contribution is -2.51. The predicted molar refractivity (Wildman–Crippen MR) is 72.4 cm³/mol. The van der Waals surface area contributed by atoms with Gasteiger partial charge >= 0.3 is 0 Å². The van der Waals surface area contributed by atoms with Gasteiger partial charge in [-0.1, -0.05) is 17.7 Å². The summed E-state index contributed by atoms with van der Waals surface area (Å²) in [4.78, 5) is 0.376. The molecule has 1 aromatic rings. The molecule has 4 nitrogen and oxygen atoms in total. The smallest absolute Gasteiger partial charge is 0.243 e. The number of ether oxygens (including phenoxy) is 1. The topological polar surface area (TPSA) is 46.6 Å². The van der Waals surface area contributed by atoms with Gasteiger partial charge in [-0.15, -0.1) is 0 Å². The standard InChI is InChI=1S/C14H19NO3S/c1-10-4-6-12(7-5-10)19(16,17)15-9-11-8-13(15)14(2,3)18-11/h4-7,11,13H,8-9H2,1-3H3. The Hall–Kier alpha value is -0.910. The molecule has 2 saturated heterocycles. The summed E-state index contributed by atoms with van der Waals surface area (Å²) in [5, 5.41) is 0. The maximum Gasteiger partial charge on any atom is 0.243 e. The van der Waals surface area contributed by atoms with Crippen LogP contribution in [0.3, 0.4) is 0 Å². The molecular formula is C14H19NO3S. The van der Waals surface area contributed by atoms with Crippen molar-refractivity contribution in [3.63, 3.8) is 0 Å². The molecule has 0 aliphatic carbocycles. The zero-order valence-electron chi connectivity index (χ0n) is 11.5. The fourth-order valence-electron chi connectivity index (χ4n) is 3.10. The van der Waals surface area contributed by atoms with Crippen molar-refractivity contribution in [2.75, 3.05) is 6.54 Å². The Bertz CT molecular complexity index is 592. The van der Waals surface area contributed by atoms with Crippen molar-refractivity contribution < 1.29 is 13.2 Å². The first kappa shape index (κ1) is 13.1. The molecule has 3 rings (SSSR count). The summed E-state index contributed by atoms with van der Waals surface area (Å²) in [5.41, 5.74) is 0.672. The molecule has 19 heavy (non-hydrogen) atoms. The number of aryl methyl sites for hydroxylation is 1. The number of fused-ring (bicyclic) bond motifs is 2. The van der Waals surface area contributed by atoms with Gasteiger partial charge in [0.25, 0.3) is 0 Å². The first-order valence-electron chi connectivity index (χ1n) is 6.57. The Balaban J connectivity index is 1.96. The molecular weight excluding hydrogens is 262 g/mol. The van der Waals surface area contributed by atoms with Gasteiger partial charge in [-0.25, -0.2) is 8.42 Å². The molecule has 2 heterocycles. The van der Waals surface area contributed by atoms with E-state index in [-0.39, 0.29) is 17.7 Å². The summed E-state index contributed by atoms with van der Waals surface area (Å²) in [6.07, 6.45) is 0.846. The highest BCUT2D eigenvalue weighted by Gasteiger charge is 2.54. The predicted octanol–water partition coefficient (Wildman–Crippen LogP) is 1.94. The monoisotopic (exact) mass is 281 g/mol. The van der Waals surface area contributed by atoms with Gasteiger partial charge in [-0.3, -0.25) is 0 Å². The normalized spacial score (nSPS) is 29.8. The maximum absolute atomic E-state index is 12.7. The van der Waals surface area contributed by atoms with Crippen LogP contribution >= 0.6 is 0 Å². The molecule has 2 bridgehead atoms. The third kappa shape index (κ3) is 2.00. The van der Waals surface area contributed by atoms with Crippen LogP contribution in [0.25, 0.3) is 0 Å². The molecule has 0 saturated carbocycles. The first-order chi connectivity index (χ1) is 8.80. The highest BCUT2D eigenvalue weighted by atomic mass is 32.2. The van der Waals surface area contributed by atoms with E-state index in [1.165, 1.54) is 0 Å². The Labute approximate surface area is 114 Å². The van der Waals surface area contributed by atoms with E-state index < -0.39 is 10.0 Å². The minimum atomic E-state index is -3.40. The molecule has 0 spiro atoms. The average Bonchev–Trinajstić information content (AvgIpc) is 2.85. The van der Waals surface area contributed by atoms with Gasteiger partial charge in [-0.2, -0.15) is 4.31 Å². The van der Waals surface area contributed by atoms with Crippen molar-refractivity contribution in [3.8, 4) is 0 Å². The third-order valence-electron chi connectivity index (χ3n) is 4.12. The summed E-state index contributed by atoms with van der Waals surface area (Å²) in [6, 6.07) is 6.99. The Morgan fingerprint density at radius 2 is 1.89 bits per heavy atom. The highest BCUT2D eigenvalue weighted by molar-refractivity contribution is 7.89. The van der Waals surface area contributed by atoms with Crippen LogP contribution in [0.4, 0.5) is 0 Å². The molecule has 0 amide bonds. The van der Waals surface area contributed by atoms with E-state index in [1.807, 2.05) is 32.9 Å². The number of nitrogens with zero attached hydrogens (tertiary/aromatic N) is 1. The molecule has 104 valence electrons. The van der Waals surface area contributed by atoms with Crippen LogP contribution in [0.5, 0.6) is 0 Å². The van der Waals surface area contributed by atoms with Crippen LogP contribution in [0.1, 0.15) is 25.8 Å². The lowest BCUT2D eigenvalue weighted by Gasteiger charge is -2.37. The van der Waals surface area contributed by atoms with Gasteiger partial charge in [0.15, 0.2) is 0 Å². The minimum Gasteiger partial charge on any atom is -0.369 e. The van der Waals surface area contributed by atoms with Crippen molar-refractivity contribution in [3.05, 3.63) is 29.8 Å². The lowest BCUT2D eigenvalue weighted by molar-refractivity contribution is -0.0693. The molecule has 0 N–H and O–H groups in total. The minimum absolute atomic E-state index is 0.0419. The first-order valence-corrected chi connectivity index (χ1v) is 8.01. The van der Waals surface area contributed by atoms with Gasteiger partial charge in [0.2, 0.25) is 10.0 Å². The summed E-state index contributed by atoms with van der Waals surface area (Å²) in [6.45, 7) is 6.36. The van der Waals surface area contributed by atoms with E-state index in [2.05, 4.69) is 0 Å². The van der Waals surface area contributed by atoms with Crippen molar-refractivity contribution in [1.82, 2.24) is 4.31 Å². The fraction of sp³-hybridized carbons (Fsp3) is 0.571. The molecule has 2 unspecified atom stereocenters. The van der Waals surface area contributed by atoms with E-state index in [0.717, 1.165) is 12.0 Å². The molecule has 2 aliphatic rings. The van der Waals surface area contributed by atoms with Crippen LogP contribution < -0.4 is 0 Å². The SMILES string of the molecule is Cc1ccc(S(=O)(=O)N2CC3CC2C(C)(C)O3)cc1. The lowest BCUT2D eigenvalue weighted by atomic mass is 10.0. The van der Waals surface area contributed by atoms with Crippen LogP contribution in [-0.2, 0) is 14.8 Å². The maximum atomic E-state index is 12.7. The molecule has 2 fully saturated rings. The number of rotatable bonds is 2. The number of benzene rings is 1. The quantitative estimate of drug-likeness (QED) is 0.832. The number of hydrogen-bond acceptors (Lipinski definition) is 3. The van der Waals surface area contributed by atoms with E-state index in [0.29, 0.717) is 11.4 Å². The third-order valence-corrected chi connectivity index (χ3v) is 6.01. The Morgan fingerprint density at radius 3 is 2.42 bits per heavy atom. The molecule has 0 aromatic heterocycles. The number of morpholine rings is 1. The van der Waals surface area contributed by atoms with Crippen LogP contribution in [0, 0.1) is 6.92 Å². The van der Waals surface area contributed by atoms with Crippen molar-refractivity contribution in [2.24, 2.45) is 0 Å². The van der Waals surface area contributed by atoms with E-state index in [4.69, 9.17) is 4.74 Å². The van der Waals surface area contributed by atoms with Gasteiger partial charge in [0.1, 0.15) is 0 Å². The van der Waals surface area contributed by atoms with Crippen LogP contribution in [0.15, 0.2) is 29.2 Å². The molecule has 1 aromatic carbocycles. The van der Waals surface area contributed by atoms with Crippen molar-refractivity contribution in [1.29, 1.82) is 0 Å². The van der Waals surface area contributed by atoms with Gasteiger partial charge < -0.3 is 4.74 Å². The van der Waals surface area contributed by atoms with E-state index >= 15 is 0 Å². The second-order valence-corrected chi connectivity index (χ2v) is 7.87. The van der Waals surface area contributed by atoms with E-state index in [1.54, 1.807) is 16.4 Å². The molecule has 2 aliphatic heterocycles. The summed E-state index contributed by atoms with van der Waals surface area (Å²) in [5.74, 6) is 0. The Morgan fingerprint density at radius 1 is 1.26 bits per heavy atom. The summed E-state index contributed by atoms with van der Waals surface area (Å²) >= 11 is 0. The zero-order valence-corrected chi connectivity index (χ0v) is 12.3. The second-order valence-electron chi connectivity index (χ2n) is 5.98. The van der Waals surface area contributed by atoms with E-state index in [9.17, 15) is 8.42 Å².